The predicted octanol–water partition coefficient (Wildman–Crippen LogP) is 2.22. The van der Waals surface area contributed by atoms with E-state index in [0.717, 1.165) is 0 Å². The molecule has 1 amide bonds. The Balaban J connectivity index is 1.69. The molecular formula is C23H30N4O5S. The first-order chi connectivity index (χ1) is 15.4. The van der Waals surface area contributed by atoms with E-state index in [4.69, 9.17) is 0 Å². The van der Waals surface area contributed by atoms with Gasteiger partial charge in [0.2, 0.25) is 5.91 Å². The van der Waals surface area contributed by atoms with Gasteiger partial charge >= 0.3 is 5.97 Å². The molecule has 33 heavy (non-hydrogen) atoms. The standard InChI is InChI=1S/C23H30N4O5S/c1-23(2,3)24-21(28)16-26-11-13-27(14-12-26)17-9-10-20(19(15-17)22(29)30)25-33(31,32)18-7-5-4-6-8-18/h4-10,15,25H,11-14,16H2,1-3H3,(H,24,28)(H,29,30). The number of piperazine rings is 1. The van der Waals surface area contributed by atoms with Gasteiger partial charge in [-0.15, -0.1) is 0 Å². The fourth-order valence-corrected chi connectivity index (χ4v) is 4.72. The van der Waals surface area contributed by atoms with Gasteiger partial charge in [-0.1, -0.05) is 18.2 Å². The lowest BCUT2D eigenvalue weighted by molar-refractivity contribution is -0.123. The van der Waals surface area contributed by atoms with Gasteiger partial charge in [0, 0.05) is 37.4 Å². The number of carboxylic acid groups (broad SMARTS) is 1. The molecule has 178 valence electrons. The summed E-state index contributed by atoms with van der Waals surface area (Å²) in [7, 11) is -3.91. The number of aromatic carboxylic acids is 1. The van der Waals surface area contributed by atoms with E-state index in [2.05, 4.69) is 14.9 Å². The first-order valence-electron chi connectivity index (χ1n) is 10.7. The molecule has 0 unspecified atom stereocenters. The molecule has 0 aliphatic carbocycles. The fourth-order valence-electron chi connectivity index (χ4n) is 3.62. The second kappa shape index (κ2) is 9.80. The highest BCUT2D eigenvalue weighted by molar-refractivity contribution is 7.92. The number of nitrogens with one attached hydrogen (secondary N) is 2. The quantitative estimate of drug-likeness (QED) is 0.563. The molecule has 2 aromatic carbocycles. The van der Waals surface area contributed by atoms with E-state index in [1.807, 2.05) is 25.7 Å². The SMILES string of the molecule is CC(C)(C)NC(=O)CN1CCN(c2ccc(NS(=O)(=O)c3ccccc3)c(C(=O)O)c2)CC1. The van der Waals surface area contributed by atoms with Gasteiger partial charge in [0.1, 0.15) is 0 Å². The van der Waals surface area contributed by atoms with Crippen molar-refractivity contribution in [2.45, 2.75) is 31.2 Å². The molecule has 9 nitrogen and oxygen atoms in total. The van der Waals surface area contributed by atoms with Gasteiger partial charge in [0.05, 0.1) is 22.7 Å². The molecule has 0 bridgehead atoms. The Morgan fingerprint density at radius 3 is 2.21 bits per heavy atom. The predicted molar refractivity (Wildman–Crippen MR) is 127 cm³/mol. The third-order valence-corrected chi connectivity index (χ3v) is 6.53. The Bertz CT molecular complexity index is 1110. The largest absolute Gasteiger partial charge is 0.478 e. The van der Waals surface area contributed by atoms with Crippen molar-refractivity contribution in [3.05, 3.63) is 54.1 Å². The minimum Gasteiger partial charge on any atom is -0.478 e. The van der Waals surface area contributed by atoms with E-state index in [0.29, 0.717) is 38.4 Å². The summed E-state index contributed by atoms with van der Waals surface area (Å²) in [5, 5.41) is 12.6. The number of rotatable bonds is 7. The van der Waals surface area contributed by atoms with Gasteiger partial charge in [-0.2, -0.15) is 0 Å². The monoisotopic (exact) mass is 474 g/mol. The van der Waals surface area contributed by atoms with E-state index in [1.165, 1.54) is 24.3 Å². The molecule has 2 aromatic rings. The molecule has 1 aliphatic rings. The number of sulfonamides is 1. The first kappa shape index (κ1) is 24.5. The number of hydrogen-bond acceptors (Lipinski definition) is 6. The normalized spacial score (nSPS) is 15.2. The van der Waals surface area contributed by atoms with Crippen LogP contribution in [0.25, 0.3) is 0 Å². The lowest BCUT2D eigenvalue weighted by Crippen LogP contribution is -2.51. The molecule has 1 aliphatic heterocycles. The van der Waals surface area contributed by atoms with Crippen LogP contribution in [0.15, 0.2) is 53.4 Å². The topological polar surface area (TPSA) is 119 Å². The Morgan fingerprint density at radius 2 is 1.64 bits per heavy atom. The summed E-state index contributed by atoms with van der Waals surface area (Å²) < 4.78 is 27.6. The van der Waals surface area contributed by atoms with E-state index in [1.54, 1.807) is 24.3 Å². The number of carbonyl (C=O) groups is 2. The molecule has 10 heteroatoms. The van der Waals surface area contributed by atoms with Crippen LogP contribution < -0.4 is 14.9 Å². The van der Waals surface area contributed by atoms with Crippen LogP contribution in [0.2, 0.25) is 0 Å². The summed E-state index contributed by atoms with van der Waals surface area (Å²) in [4.78, 5) is 28.2. The van der Waals surface area contributed by atoms with Gasteiger partial charge in [-0.3, -0.25) is 14.4 Å². The fraction of sp³-hybridized carbons (Fsp3) is 0.391. The molecule has 0 aromatic heterocycles. The summed E-state index contributed by atoms with van der Waals surface area (Å²) in [6, 6.07) is 12.4. The molecule has 0 spiro atoms. The van der Waals surface area contributed by atoms with Crippen molar-refractivity contribution in [1.82, 2.24) is 10.2 Å². The summed E-state index contributed by atoms with van der Waals surface area (Å²) in [5.74, 6) is -1.25. The second-order valence-corrected chi connectivity index (χ2v) is 10.7. The number of amides is 1. The maximum atomic E-state index is 12.6. The zero-order valence-corrected chi connectivity index (χ0v) is 19.9. The van der Waals surface area contributed by atoms with Crippen LogP contribution in [0.5, 0.6) is 0 Å². The average Bonchev–Trinajstić information content (AvgIpc) is 2.73. The van der Waals surface area contributed by atoms with E-state index >= 15 is 0 Å². The molecule has 1 heterocycles. The van der Waals surface area contributed by atoms with Crippen LogP contribution >= 0.6 is 0 Å². The highest BCUT2D eigenvalue weighted by atomic mass is 32.2. The molecule has 3 N–H and O–H groups in total. The van der Waals surface area contributed by atoms with Crippen LogP contribution in [0, 0.1) is 0 Å². The van der Waals surface area contributed by atoms with Gasteiger partial charge in [0.25, 0.3) is 10.0 Å². The highest BCUT2D eigenvalue weighted by Crippen LogP contribution is 2.26. The van der Waals surface area contributed by atoms with E-state index in [-0.39, 0.29) is 27.6 Å². The van der Waals surface area contributed by atoms with Crippen LogP contribution in [-0.4, -0.2) is 68.6 Å². The van der Waals surface area contributed by atoms with Gasteiger partial charge in [-0.25, -0.2) is 13.2 Å². The van der Waals surface area contributed by atoms with Gasteiger partial charge < -0.3 is 15.3 Å². The first-order valence-corrected chi connectivity index (χ1v) is 12.2. The third-order valence-electron chi connectivity index (χ3n) is 5.15. The van der Waals surface area contributed by atoms with Crippen molar-refractivity contribution < 1.29 is 23.1 Å². The molecule has 0 atom stereocenters. The Hall–Kier alpha value is -3.11. The maximum Gasteiger partial charge on any atom is 0.337 e. The van der Waals surface area contributed by atoms with Crippen LogP contribution in [-0.2, 0) is 14.8 Å². The van der Waals surface area contributed by atoms with E-state index < -0.39 is 16.0 Å². The second-order valence-electron chi connectivity index (χ2n) is 9.01. The average molecular weight is 475 g/mol. The van der Waals surface area contributed by atoms with Crippen molar-refractivity contribution in [2.24, 2.45) is 0 Å². The number of nitrogens with zero attached hydrogens (tertiary/aromatic N) is 2. The molecular weight excluding hydrogens is 444 g/mol. The summed E-state index contributed by atoms with van der Waals surface area (Å²) in [6.45, 7) is 8.68. The van der Waals surface area contributed by atoms with Crippen LogP contribution in [0.4, 0.5) is 11.4 Å². The number of benzene rings is 2. The van der Waals surface area contributed by atoms with Crippen molar-refractivity contribution in [1.29, 1.82) is 0 Å². The maximum absolute atomic E-state index is 12.6. The Kier molecular flexibility index (Phi) is 7.28. The van der Waals surface area contributed by atoms with Crippen molar-refractivity contribution in [3.8, 4) is 0 Å². The molecule has 0 radical (unpaired) electrons. The van der Waals surface area contributed by atoms with Crippen molar-refractivity contribution in [3.63, 3.8) is 0 Å². The lowest BCUT2D eigenvalue weighted by atomic mass is 10.1. The minimum atomic E-state index is -3.91. The molecule has 1 saturated heterocycles. The van der Waals surface area contributed by atoms with Crippen LogP contribution in [0.3, 0.4) is 0 Å². The minimum absolute atomic E-state index is 0.00703. The Labute approximate surface area is 194 Å². The zero-order chi connectivity index (χ0) is 24.2. The highest BCUT2D eigenvalue weighted by Gasteiger charge is 2.24. The van der Waals surface area contributed by atoms with Crippen LogP contribution in [0.1, 0.15) is 31.1 Å². The van der Waals surface area contributed by atoms with E-state index in [9.17, 15) is 23.1 Å². The van der Waals surface area contributed by atoms with Crippen molar-refractivity contribution in [2.75, 3.05) is 42.3 Å². The third kappa shape index (κ3) is 6.69. The molecule has 0 saturated carbocycles. The summed E-state index contributed by atoms with van der Waals surface area (Å²) in [5.41, 5.74) is 0.288. The van der Waals surface area contributed by atoms with Crippen molar-refractivity contribution >= 4 is 33.3 Å². The number of anilines is 2. The lowest BCUT2D eigenvalue weighted by Gasteiger charge is -2.36. The zero-order valence-electron chi connectivity index (χ0n) is 19.0. The number of carbonyl (C=O) groups excluding carboxylic acids is 1. The van der Waals surface area contributed by atoms with Gasteiger partial charge in [-0.05, 0) is 51.1 Å². The number of carboxylic acids is 1. The summed E-state index contributed by atoms with van der Waals surface area (Å²) >= 11 is 0. The molecule has 3 rings (SSSR count). The molecule has 1 fully saturated rings. The number of hydrogen-bond donors (Lipinski definition) is 3. The summed E-state index contributed by atoms with van der Waals surface area (Å²) in [6.07, 6.45) is 0. The van der Waals surface area contributed by atoms with Gasteiger partial charge in [0.15, 0.2) is 0 Å². The smallest absolute Gasteiger partial charge is 0.337 e. The Morgan fingerprint density at radius 1 is 1.00 bits per heavy atom.